The number of aryl methyl sites for hydroxylation is 3. The summed E-state index contributed by atoms with van der Waals surface area (Å²) in [6.07, 6.45) is 2.75. The van der Waals surface area contributed by atoms with Crippen molar-refractivity contribution in [3.8, 4) is 11.1 Å². The Labute approximate surface area is 106 Å². The molecule has 0 aliphatic rings. The lowest BCUT2D eigenvalue weighted by Crippen LogP contribution is -2.00. The fourth-order valence-electron chi connectivity index (χ4n) is 2.06. The normalized spacial score (nSPS) is 10.6. The molecule has 1 aromatic heterocycles. The van der Waals surface area contributed by atoms with Crippen LogP contribution in [0.5, 0.6) is 0 Å². The molecule has 0 radical (unpaired) electrons. The van der Waals surface area contributed by atoms with Crippen molar-refractivity contribution in [2.75, 3.05) is 0 Å². The highest BCUT2D eigenvalue weighted by atomic mass is 16.4. The van der Waals surface area contributed by atoms with Gasteiger partial charge in [-0.3, -0.25) is 4.68 Å². The summed E-state index contributed by atoms with van der Waals surface area (Å²) in [7, 11) is 1.87. The summed E-state index contributed by atoms with van der Waals surface area (Å²) < 4.78 is 1.76. The van der Waals surface area contributed by atoms with E-state index in [2.05, 4.69) is 5.10 Å². The van der Waals surface area contributed by atoms with Gasteiger partial charge < -0.3 is 5.11 Å². The zero-order valence-electron chi connectivity index (χ0n) is 10.8. The van der Waals surface area contributed by atoms with Crippen molar-refractivity contribution in [1.82, 2.24) is 9.78 Å². The molecule has 0 aliphatic carbocycles. The van der Waals surface area contributed by atoms with Gasteiger partial charge in [0.25, 0.3) is 0 Å². The molecule has 0 atom stereocenters. The van der Waals surface area contributed by atoms with Crippen molar-refractivity contribution in [3.63, 3.8) is 0 Å². The molecule has 0 saturated carbocycles. The van der Waals surface area contributed by atoms with Crippen molar-refractivity contribution in [2.24, 2.45) is 7.05 Å². The molecule has 0 saturated heterocycles. The Kier molecular flexibility index (Phi) is 3.19. The molecule has 0 spiro atoms. The van der Waals surface area contributed by atoms with Gasteiger partial charge in [-0.2, -0.15) is 5.10 Å². The number of carboxylic acid groups (broad SMARTS) is 1. The summed E-state index contributed by atoms with van der Waals surface area (Å²) >= 11 is 0. The summed E-state index contributed by atoms with van der Waals surface area (Å²) in [5.74, 6) is -0.892. The van der Waals surface area contributed by atoms with Gasteiger partial charge in [-0.1, -0.05) is 19.1 Å². The van der Waals surface area contributed by atoms with E-state index in [4.69, 9.17) is 5.11 Å². The van der Waals surface area contributed by atoms with Gasteiger partial charge in [-0.15, -0.1) is 0 Å². The third-order valence-electron chi connectivity index (χ3n) is 3.02. The molecule has 4 heteroatoms. The average Bonchev–Trinajstić information content (AvgIpc) is 2.70. The smallest absolute Gasteiger partial charge is 0.335 e. The Hall–Kier alpha value is -2.10. The second kappa shape index (κ2) is 4.64. The minimum absolute atomic E-state index is 0.346. The Morgan fingerprint density at radius 1 is 1.44 bits per heavy atom. The number of aromatic carboxylic acids is 1. The summed E-state index contributed by atoms with van der Waals surface area (Å²) in [5.41, 5.74) is 4.01. The van der Waals surface area contributed by atoms with Crippen LogP contribution in [-0.2, 0) is 13.5 Å². The zero-order chi connectivity index (χ0) is 13.3. The fourth-order valence-corrected chi connectivity index (χ4v) is 2.06. The molecule has 0 fully saturated rings. The highest BCUT2D eigenvalue weighted by molar-refractivity contribution is 5.91. The predicted molar refractivity (Wildman–Crippen MR) is 69.7 cm³/mol. The first-order chi connectivity index (χ1) is 8.52. The van der Waals surface area contributed by atoms with Gasteiger partial charge in [-0.25, -0.2) is 4.79 Å². The third-order valence-corrected chi connectivity index (χ3v) is 3.02. The number of carboxylic acids is 1. The van der Waals surface area contributed by atoms with Gasteiger partial charge in [0.1, 0.15) is 0 Å². The van der Waals surface area contributed by atoms with Crippen LogP contribution in [0.1, 0.15) is 28.5 Å². The number of nitrogens with zero attached hydrogens (tertiary/aromatic N) is 2. The lowest BCUT2D eigenvalue weighted by Gasteiger charge is -2.05. The number of hydrogen-bond acceptors (Lipinski definition) is 2. The predicted octanol–water partition coefficient (Wildman–Crippen LogP) is 2.66. The molecule has 18 heavy (non-hydrogen) atoms. The van der Waals surface area contributed by atoms with Gasteiger partial charge in [-0.05, 0) is 30.5 Å². The molecule has 1 heterocycles. The molecule has 0 amide bonds. The first-order valence-corrected chi connectivity index (χ1v) is 5.89. The summed E-state index contributed by atoms with van der Waals surface area (Å²) in [6.45, 7) is 3.84. The van der Waals surface area contributed by atoms with E-state index in [1.807, 2.05) is 32.3 Å². The topological polar surface area (TPSA) is 55.1 Å². The number of rotatable bonds is 3. The SMILES string of the molecule is CCc1nn(C)cc1-c1ccc(C)c(C(=O)O)c1. The van der Waals surface area contributed by atoms with Crippen molar-refractivity contribution >= 4 is 5.97 Å². The number of hydrogen-bond donors (Lipinski definition) is 1. The average molecular weight is 244 g/mol. The minimum atomic E-state index is -0.892. The van der Waals surface area contributed by atoms with Gasteiger partial charge >= 0.3 is 5.97 Å². The largest absolute Gasteiger partial charge is 0.478 e. The van der Waals surface area contributed by atoms with Crippen LogP contribution in [0.15, 0.2) is 24.4 Å². The van der Waals surface area contributed by atoms with Gasteiger partial charge in [0.05, 0.1) is 11.3 Å². The maximum Gasteiger partial charge on any atom is 0.335 e. The molecule has 2 aromatic rings. The Balaban J connectivity index is 2.57. The van der Waals surface area contributed by atoms with E-state index >= 15 is 0 Å². The van der Waals surface area contributed by atoms with Crippen LogP contribution in [0.4, 0.5) is 0 Å². The highest BCUT2D eigenvalue weighted by Crippen LogP contribution is 2.25. The molecule has 4 nitrogen and oxygen atoms in total. The van der Waals surface area contributed by atoms with E-state index in [1.54, 1.807) is 17.7 Å². The molecule has 2 rings (SSSR count). The van der Waals surface area contributed by atoms with E-state index in [0.717, 1.165) is 28.8 Å². The van der Waals surface area contributed by atoms with Gasteiger partial charge in [0.15, 0.2) is 0 Å². The monoisotopic (exact) mass is 244 g/mol. The van der Waals surface area contributed by atoms with E-state index in [1.165, 1.54) is 0 Å². The van der Waals surface area contributed by atoms with Gasteiger partial charge in [0.2, 0.25) is 0 Å². The Morgan fingerprint density at radius 3 is 2.78 bits per heavy atom. The first kappa shape index (κ1) is 12.4. The lowest BCUT2D eigenvalue weighted by atomic mass is 9.99. The Bertz CT molecular complexity index is 600. The molecule has 0 unspecified atom stereocenters. The van der Waals surface area contributed by atoms with Crippen LogP contribution < -0.4 is 0 Å². The molecule has 1 aromatic carbocycles. The van der Waals surface area contributed by atoms with Crippen molar-refractivity contribution in [3.05, 3.63) is 41.2 Å². The van der Waals surface area contributed by atoms with Crippen LogP contribution in [0.25, 0.3) is 11.1 Å². The fraction of sp³-hybridized carbons (Fsp3) is 0.286. The second-order valence-corrected chi connectivity index (χ2v) is 4.35. The summed E-state index contributed by atoms with van der Waals surface area (Å²) in [5, 5.41) is 13.5. The van der Waals surface area contributed by atoms with Gasteiger partial charge in [0, 0.05) is 18.8 Å². The minimum Gasteiger partial charge on any atom is -0.478 e. The molecular weight excluding hydrogens is 228 g/mol. The van der Waals surface area contributed by atoms with E-state index in [9.17, 15) is 4.79 Å². The zero-order valence-corrected chi connectivity index (χ0v) is 10.8. The number of carbonyl (C=O) groups is 1. The summed E-state index contributed by atoms with van der Waals surface area (Å²) in [4.78, 5) is 11.1. The second-order valence-electron chi connectivity index (χ2n) is 4.35. The van der Waals surface area contributed by atoms with E-state index in [0.29, 0.717) is 5.56 Å². The van der Waals surface area contributed by atoms with Crippen molar-refractivity contribution < 1.29 is 9.90 Å². The number of benzene rings is 1. The van der Waals surface area contributed by atoms with Crippen molar-refractivity contribution in [1.29, 1.82) is 0 Å². The molecular formula is C14H16N2O2. The van der Waals surface area contributed by atoms with E-state index in [-0.39, 0.29) is 0 Å². The first-order valence-electron chi connectivity index (χ1n) is 5.89. The summed E-state index contributed by atoms with van der Waals surface area (Å²) in [6, 6.07) is 5.50. The maximum absolute atomic E-state index is 11.1. The number of aromatic nitrogens is 2. The van der Waals surface area contributed by atoms with Crippen LogP contribution in [0.2, 0.25) is 0 Å². The lowest BCUT2D eigenvalue weighted by molar-refractivity contribution is 0.0696. The maximum atomic E-state index is 11.1. The van der Waals surface area contributed by atoms with Crippen LogP contribution in [0.3, 0.4) is 0 Å². The molecule has 0 bridgehead atoms. The standard InChI is InChI=1S/C14H16N2O2/c1-4-13-12(8-16(3)15-13)10-6-5-9(2)11(7-10)14(17)18/h5-8H,4H2,1-3H3,(H,17,18). The van der Waals surface area contributed by atoms with Crippen molar-refractivity contribution in [2.45, 2.75) is 20.3 Å². The van der Waals surface area contributed by atoms with E-state index < -0.39 is 5.97 Å². The highest BCUT2D eigenvalue weighted by Gasteiger charge is 2.12. The van der Waals surface area contributed by atoms with Crippen LogP contribution >= 0.6 is 0 Å². The quantitative estimate of drug-likeness (QED) is 0.903. The Morgan fingerprint density at radius 2 is 2.17 bits per heavy atom. The molecule has 94 valence electrons. The molecule has 1 N–H and O–H groups in total. The van der Waals surface area contributed by atoms with Crippen LogP contribution in [0, 0.1) is 6.92 Å². The molecule has 0 aliphatic heterocycles. The van der Waals surface area contributed by atoms with Crippen LogP contribution in [-0.4, -0.2) is 20.9 Å². The third kappa shape index (κ3) is 2.14.